The minimum absolute atomic E-state index is 0.158. The van der Waals surface area contributed by atoms with E-state index in [1.807, 2.05) is 18.3 Å². The van der Waals surface area contributed by atoms with E-state index < -0.39 is 0 Å². The number of nitrogen functional groups attached to an aromatic ring is 1. The van der Waals surface area contributed by atoms with Crippen LogP contribution >= 0.6 is 23.1 Å². The first-order valence-corrected chi connectivity index (χ1v) is 8.99. The number of thioether (sulfide) groups is 1. The number of aryl methyl sites for hydroxylation is 2. The van der Waals surface area contributed by atoms with Crippen LogP contribution in [-0.4, -0.2) is 36.5 Å². The van der Waals surface area contributed by atoms with Crippen molar-refractivity contribution in [3.8, 4) is 0 Å². The van der Waals surface area contributed by atoms with Gasteiger partial charge in [-0.3, -0.25) is 9.78 Å². The van der Waals surface area contributed by atoms with Gasteiger partial charge < -0.3 is 11.2 Å². The van der Waals surface area contributed by atoms with Crippen molar-refractivity contribution >= 4 is 34.1 Å². The van der Waals surface area contributed by atoms with Gasteiger partial charge in [0.1, 0.15) is 0 Å². The molecule has 8 nitrogen and oxygen atoms in total. The van der Waals surface area contributed by atoms with Gasteiger partial charge in [0.25, 0.3) is 0 Å². The number of amides is 1. The second kappa shape index (κ2) is 7.88. The number of nitrogens with one attached hydrogen (secondary N) is 1. The van der Waals surface area contributed by atoms with Gasteiger partial charge in [0.15, 0.2) is 11.0 Å². The van der Waals surface area contributed by atoms with Gasteiger partial charge in [0, 0.05) is 30.4 Å². The second-order valence-electron chi connectivity index (χ2n) is 4.80. The molecule has 3 aromatic heterocycles. The number of aromatic nitrogens is 5. The Morgan fingerprint density at radius 3 is 3.00 bits per heavy atom. The van der Waals surface area contributed by atoms with Crippen LogP contribution in [0.25, 0.3) is 0 Å². The zero-order valence-corrected chi connectivity index (χ0v) is 14.3. The Labute approximate surface area is 146 Å². The molecular weight excluding hydrogens is 346 g/mol. The molecule has 3 aromatic rings. The Balaban J connectivity index is 1.52. The summed E-state index contributed by atoms with van der Waals surface area (Å²) in [6.07, 6.45) is 6.62. The smallest absolute Gasteiger partial charge is 0.236 e. The third-order valence-electron chi connectivity index (χ3n) is 3.11. The van der Waals surface area contributed by atoms with E-state index in [4.69, 9.17) is 5.84 Å². The number of hydrogen-bond donors (Lipinski definition) is 2. The van der Waals surface area contributed by atoms with Gasteiger partial charge in [0.05, 0.1) is 5.75 Å². The number of hydrogen-bond acceptors (Lipinski definition) is 8. The summed E-state index contributed by atoms with van der Waals surface area (Å²) < 4.78 is 1.43. The Morgan fingerprint density at radius 2 is 2.25 bits per heavy atom. The number of rotatable bonds is 7. The molecule has 0 saturated heterocycles. The lowest BCUT2D eigenvalue weighted by Crippen LogP contribution is -2.17. The zero-order chi connectivity index (χ0) is 16.8. The van der Waals surface area contributed by atoms with Crippen molar-refractivity contribution in [2.24, 2.45) is 0 Å². The number of nitrogens with two attached hydrogens (primary N) is 1. The Morgan fingerprint density at radius 1 is 1.33 bits per heavy atom. The normalized spacial score (nSPS) is 10.7. The van der Waals surface area contributed by atoms with Gasteiger partial charge in [-0.2, -0.15) is 0 Å². The van der Waals surface area contributed by atoms with Gasteiger partial charge in [-0.1, -0.05) is 17.8 Å². The summed E-state index contributed by atoms with van der Waals surface area (Å²) in [6.45, 7) is 0. The fourth-order valence-electron chi connectivity index (χ4n) is 1.95. The molecule has 24 heavy (non-hydrogen) atoms. The monoisotopic (exact) mass is 361 g/mol. The first-order valence-electron chi connectivity index (χ1n) is 7.13. The molecule has 0 aliphatic heterocycles. The number of carbonyl (C=O) groups is 1. The summed E-state index contributed by atoms with van der Waals surface area (Å²) in [4.78, 5) is 19.9. The van der Waals surface area contributed by atoms with Gasteiger partial charge in [-0.15, -0.1) is 21.5 Å². The van der Waals surface area contributed by atoms with E-state index in [0.29, 0.717) is 22.5 Å². The lowest BCUT2D eigenvalue weighted by atomic mass is 10.1. The van der Waals surface area contributed by atoms with Crippen LogP contribution < -0.4 is 11.2 Å². The molecule has 0 unspecified atom stereocenters. The molecule has 0 fully saturated rings. The minimum Gasteiger partial charge on any atom is -0.336 e. The predicted molar refractivity (Wildman–Crippen MR) is 93.3 cm³/mol. The van der Waals surface area contributed by atoms with E-state index in [2.05, 4.69) is 25.5 Å². The molecule has 3 heterocycles. The SMILES string of the molecule is Nn1c(CCc2cccnc2)nnc1SCC(=O)Nc1nccs1. The first kappa shape index (κ1) is 16.4. The third-order valence-corrected chi connectivity index (χ3v) is 4.74. The molecule has 0 spiro atoms. The summed E-state index contributed by atoms with van der Waals surface area (Å²) in [5.41, 5.74) is 1.11. The number of carbonyl (C=O) groups excluding carboxylic acids is 1. The highest BCUT2D eigenvalue weighted by Gasteiger charge is 2.13. The number of nitrogens with zero attached hydrogens (tertiary/aromatic N) is 5. The van der Waals surface area contributed by atoms with Gasteiger partial charge in [0.2, 0.25) is 11.1 Å². The molecule has 0 bridgehead atoms. The summed E-state index contributed by atoms with van der Waals surface area (Å²) >= 11 is 2.61. The van der Waals surface area contributed by atoms with E-state index in [0.717, 1.165) is 12.0 Å². The van der Waals surface area contributed by atoms with Gasteiger partial charge in [-0.25, -0.2) is 9.66 Å². The van der Waals surface area contributed by atoms with E-state index in [9.17, 15) is 4.79 Å². The van der Waals surface area contributed by atoms with Crippen molar-refractivity contribution in [2.75, 3.05) is 16.9 Å². The van der Waals surface area contributed by atoms with Crippen molar-refractivity contribution in [1.29, 1.82) is 0 Å². The summed E-state index contributed by atoms with van der Waals surface area (Å²) in [5.74, 6) is 6.71. The maximum Gasteiger partial charge on any atom is 0.236 e. The van der Waals surface area contributed by atoms with Crippen LogP contribution in [0.1, 0.15) is 11.4 Å². The fourth-order valence-corrected chi connectivity index (χ4v) is 3.17. The van der Waals surface area contributed by atoms with E-state index in [-0.39, 0.29) is 11.7 Å². The van der Waals surface area contributed by atoms with Crippen molar-refractivity contribution in [1.82, 2.24) is 24.8 Å². The standard InChI is InChI=1S/C14H15N7OS2/c15-21-11(4-3-10-2-1-5-16-8-10)19-20-14(21)24-9-12(22)18-13-17-6-7-23-13/h1-2,5-8H,3-4,9,15H2,(H,17,18,22). The molecule has 10 heteroatoms. The van der Waals surface area contributed by atoms with Gasteiger partial charge in [-0.05, 0) is 18.1 Å². The van der Waals surface area contributed by atoms with Crippen LogP contribution in [0.2, 0.25) is 0 Å². The van der Waals surface area contributed by atoms with Crippen molar-refractivity contribution in [3.63, 3.8) is 0 Å². The predicted octanol–water partition coefficient (Wildman–Crippen LogP) is 1.36. The highest BCUT2D eigenvalue weighted by atomic mass is 32.2. The largest absolute Gasteiger partial charge is 0.336 e. The van der Waals surface area contributed by atoms with Gasteiger partial charge >= 0.3 is 0 Å². The minimum atomic E-state index is -0.158. The lowest BCUT2D eigenvalue weighted by molar-refractivity contribution is -0.113. The molecule has 0 aromatic carbocycles. The van der Waals surface area contributed by atoms with Crippen LogP contribution in [0.4, 0.5) is 5.13 Å². The van der Waals surface area contributed by atoms with E-state index in [1.54, 1.807) is 17.8 Å². The van der Waals surface area contributed by atoms with Crippen LogP contribution in [0.15, 0.2) is 41.3 Å². The quantitative estimate of drug-likeness (QED) is 0.483. The van der Waals surface area contributed by atoms with Crippen LogP contribution in [0.3, 0.4) is 0 Å². The molecule has 0 atom stereocenters. The maximum absolute atomic E-state index is 11.8. The molecular formula is C14H15N7OS2. The second-order valence-corrected chi connectivity index (χ2v) is 6.64. The third kappa shape index (κ3) is 4.30. The molecule has 0 aliphatic carbocycles. The number of anilines is 1. The molecule has 3 rings (SSSR count). The van der Waals surface area contributed by atoms with Crippen LogP contribution in [-0.2, 0) is 17.6 Å². The van der Waals surface area contributed by atoms with Crippen molar-refractivity contribution < 1.29 is 4.79 Å². The summed E-state index contributed by atoms with van der Waals surface area (Å²) in [7, 11) is 0. The highest BCUT2D eigenvalue weighted by molar-refractivity contribution is 7.99. The molecule has 0 aliphatic rings. The topological polar surface area (TPSA) is 112 Å². The fraction of sp³-hybridized carbons (Fsp3) is 0.214. The lowest BCUT2D eigenvalue weighted by Gasteiger charge is -2.04. The average Bonchev–Trinajstić information content (AvgIpc) is 3.22. The Hall–Kier alpha value is -2.46. The van der Waals surface area contributed by atoms with Crippen LogP contribution in [0, 0.1) is 0 Å². The summed E-state index contributed by atoms with van der Waals surface area (Å²) in [6, 6.07) is 3.90. The van der Waals surface area contributed by atoms with E-state index >= 15 is 0 Å². The number of pyridine rings is 1. The molecule has 1 amide bonds. The Bertz CT molecular complexity index is 789. The van der Waals surface area contributed by atoms with Crippen molar-refractivity contribution in [2.45, 2.75) is 18.0 Å². The Kier molecular flexibility index (Phi) is 5.39. The average molecular weight is 361 g/mol. The van der Waals surface area contributed by atoms with Crippen molar-refractivity contribution in [3.05, 3.63) is 47.5 Å². The zero-order valence-electron chi connectivity index (χ0n) is 12.6. The first-order chi connectivity index (χ1) is 11.7. The molecule has 3 N–H and O–H groups in total. The molecule has 124 valence electrons. The van der Waals surface area contributed by atoms with E-state index in [1.165, 1.54) is 27.8 Å². The number of thiazole rings is 1. The molecule has 0 radical (unpaired) electrons. The molecule has 0 saturated carbocycles. The van der Waals surface area contributed by atoms with Crippen LogP contribution in [0.5, 0.6) is 0 Å². The summed E-state index contributed by atoms with van der Waals surface area (Å²) in [5, 5.41) is 13.7. The highest BCUT2D eigenvalue weighted by Crippen LogP contribution is 2.17. The maximum atomic E-state index is 11.8.